The third-order valence-corrected chi connectivity index (χ3v) is 4.63. The number of carbonyl (C=O) groups is 2. The molecule has 0 aromatic heterocycles. The second-order valence-electron chi connectivity index (χ2n) is 6.63. The summed E-state index contributed by atoms with van der Waals surface area (Å²) >= 11 is 0. The number of amides is 2. The Bertz CT molecular complexity index is 1070. The Morgan fingerprint density at radius 2 is 1.45 bits per heavy atom. The maximum Gasteiger partial charge on any atom is 0.279 e. The number of rotatable bonds is 7. The highest BCUT2D eigenvalue weighted by Gasteiger charge is 2.19. The van der Waals surface area contributed by atoms with Gasteiger partial charge in [0.2, 0.25) is 5.75 Å². The summed E-state index contributed by atoms with van der Waals surface area (Å²) in [5.41, 5.74) is 4.95. The van der Waals surface area contributed by atoms with Crippen LogP contribution in [0.5, 0.6) is 23.0 Å². The van der Waals surface area contributed by atoms with Gasteiger partial charge in [-0.05, 0) is 42.0 Å². The molecule has 0 heterocycles. The second kappa shape index (κ2) is 9.71. The highest BCUT2D eigenvalue weighted by atomic mass is 16.5. The fourth-order valence-electron chi connectivity index (χ4n) is 3.00. The van der Waals surface area contributed by atoms with Crippen LogP contribution in [0.3, 0.4) is 0 Å². The average molecular weight is 424 g/mol. The first-order valence-electron chi connectivity index (χ1n) is 9.52. The Hall–Kier alpha value is -3.94. The molecule has 0 aliphatic carbocycles. The van der Waals surface area contributed by atoms with Crippen molar-refractivity contribution in [2.75, 3.05) is 21.3 Å². The number of carbonyl (C=O) groups excluding carboxylic acids is 2. The van der Waals surface area contributed by atoms with Crippen molar-refractivity contribution in [3.63, 3.8) is 0 Å². The lowest BCUT2D eigenvalue weighted by atomic mass is 10.1. The summed E-state index contributed by atoms with van der Waals surface area (Å²) in [6.07, 6.45) is -0.832. The molecular formula is C23H24N2O6. The van der Waals surface area contributed by atoms with E-state index in [1.54, 1.807) is 13.0 Å². The van der Waals surface area contributed by atoms with Gasteiger partial charge in [0.25, 0.3) is 11.8 Å². The molecule has 0 saturated carbocycles. The third-order valence-electron chi connectivity index (χ3n) is 4.63. The Morgan fingerprint density at radius 1 is 0.806 bits per heavy atom. The fraction of sp³-hybridized carbons (Fsp3) is 0.217. The quantitative estimate of drug-likeness (QED) is 0.566. The van der Waals surface area contributed by atoms with Crippen LogP contribution in [0.25, 0.3) is 10.8 Å². The van der Waals surface area contributed by atoms with E-state index in [4.69, 9.17) is 18.9 Å². The topological polar surface area (TPSA) is 95.1 Å². The maximum absolute atomic E-state index is 12.5. The summed E-state index contributed by atoms with van der Waals surface area (Å²) in [5, 5.41) is 2.08. The number of fused-ring (bicyclic) bond motifs is 1. The first-order chi connectivity index (χ1) is 15.0. The lowest BCUT2D eigenvalue weighted by Crippen LogP contribution is -2.47. The number of nitrogens with one attached hydrogen (secondary N) is 2. The molecule has 0 bridgehead atoms. The number of ether oxygens (including phenoxy) is 4. The van der Waals surface area contributed by atoms with Crippen LogP contribution >= 0.6 is 0 Å². The van der Waals surface area contributed by atoms with Gasteiger partial charge in [0.05, 0.1) is 21.3 Å². The van der Waals surface area contributed by atoms with Crippen molar-refractivity contribution in [1.82, 2.24) is 10.9 Å². The van der Waals surface area contributed by atoms with E-state index in [1.807, 2.05) is 36.4 Å². The van der Waals surface area contributed by atoms with Crippen molar-refractivity contribution >= 4 is 22.6 Å². The molecule has 3 rings (SSSR count). The molecule has 162 valence electrons. The minimum atomic E-state index is -0.832. The van der Waals surface area contributed by atoms with Crippen molar-refractivity contribution in [3.05, 3.63) is 60.2 Å². The molecule has 3 aromatic carbocycles. The van der Waals surface area contributed by atoms with Gasteiger partial charge in [-0.3, -0.25) is 20.4 Å². The number of benzene rings is 3. The van der Waals surface area contributed by atoms with Gasteiger partial charge in [-0.2, -0.15) is 0 Å². The predicted molar refractivity (Wildman–Crippen MR) is 116 cm³/mol. The number of methoxy groups -OCH3 is 3. The van der Waals surface area contributed by atoms with Crippen LogP contribution in [0.2, 0.25) is 0 Å². The Kier molecular flexibility index (Phi) is 6.81. The summed E-state index contributed by atoms with van der Waals surface area (Å²) in [6.45, 7) is 1.59. The third kappa shape index (κ3) is 4.98. The SMILES string of the molecule is COc1cc(C(=O)NNC(=O)C(C)Oc2ccc3ccccc3c2)cc(OC)c1OC. The van der Waals surface area contributed by atoms with E-state index in [0.717, 1.165) is 10.8 Å². The summed E-state index contributed by atoms with van der Waals surface area (Å²) < 4.78 is 21.4. The molecule has 2 N–H and O–H groups in total. The predicted octanol–water partition coefficient (Wildman–Crippen LogP) is 3.09. The van der Waals surface area contributed by atoms with Crippen molar-refractivity contribution < 1.29 is 28.5 Å². The highest BCUT2D eigenvalue weighted by Crippen LogP contribution is 2.38. The minimum absolute atomic E-state index is 0.220. The Morgan fingerprint density at radius 3 is 2.06 bits per heavy atom. The van der Waals surface area contributed by atoms with E-state index in [1.165, 1.54) is 33.5 Å². The van der Waals surface area contributed by atoms with E-state index < -0.39 is 17.9 Å². The lowest BCUT2D eigenvalue weighted by molar-refractivity contribution is -0.128. The first kappa shape index (κ1) is 21.8. The van der Waals surface area contributed by atoms with Crippen LogP contribution in [0.1, 0.15) is 17.3 Å². The molecule has 8 heteroatoms. The molecule has 31 heavy (non-hydrogen) atoms. The molecule has 0 radical (unpaired) electrons. The lowest BCUT2D eigenvalue weighted by Gasteiger charge is -2.16. The maximum atomic E-state index is 12.5. The molecule has 0 aliphatic heterocycles. The molecule has 8 nitrogen and oxygen atoms in total. The molecule has 1 atom stereocenters. The van der Waals surface area contributed by atoms with Gasteiger partial charge in [-0.25, -0.2) is 0 Å². The van der Waals surface area contributed by atoms with Crippen LogP contribution < -0.4 is 29.8 Å². The second-order valence-corrected chi connectivity index (χ2v) is 6.63. The van der Waals surface area contributed by atoms with Crippen molar-refractivity contribution in [2.24, 2.45) is 0 Å². The Labute approximate surface area is 180 Å². The van der Waals surface area contributed by atoms with Gasteiger partial charge in [-0.15, -0.1) is 0 Å². The number of hydrazine groups is 1. The zero-order valence-corrected chi connectivity index (χ0v) is 17.7. The number of hydrogen-bond donors (Lipinski definition) is 2. The van der Waals surface area contributed by atoms with Gasteiger partial charge in [-0.1, -0.05) is 30.3 Å². The molecule has 3 aromatic rings. The summed E-state index contributed by atoms with van der Waals surface area (Å²) in [4.78, 5) is 24.9. The van der Waals surface area contributed by atoms with Crippen LogP contribution in [-0.2, 0) is 4.79 Å². The van der Waals surface area contributed by atoms with E-state index in [-0.39, 0.29) is 5.56 Å². The van der Waals surface area contributed by atoms with Crippen LogP contribution in [0, 0.1) is 0 Å². The van der Waals surface area contributed by atoms with Crippen LogP contribution in [0.4, 0.5) is 0 Å². The largest absolute Gasteiger partial charge is 0.493 e. The fourth-order valence-corrected chi connectivity index (χ4v) is 3.00. The molecule has 2 amide bonds. The summed E-state index contributed by atoms with van der Waals surface area (Å²) in [6, 6.07) is 16.4. The molecule has 0 spiro atoms. The van der Waals surface area contributed by atoms with Crippen molar-refractivity contribution in [2.45, 2.75) is 13.0 Å². The van der Waals surface area contributed by atoms with Gasteiger partial charge in [0, 0.05) is 5.56 Å². The van der Waals surface area contributed by atoms with Gasteiger partial charge >= 0.3 is 0 Å². The van der Waals surface area contributed by atoms with E-state index in [2.05, 4.69) is 10.9 Å². The number of hydrogen-bond acceptors (Lipinski definition) is 6. The van der Waals surface area contributed by atoms with Crippen molar-refractivity contribution in [3.8, 4) is 23.0 Å². The normalized spacial score (nSPS) is 11.4. The molecule has 0 aliphatic rings. The van der Waals surface area contributed by atoms with Crippen LogP contribution in [-0.4, -0.2) is 39.2 Å². The highest BCUT2D eigenvalue weighted by molar-refractivity contribution is 5.97. The Balaban J connectivity index is 1.63. The standard InChI is InChI=1S/C23H24N2O6/c1-14(31-18-10-9-15-7-5-6-8-16(15)11-18)22(26)24-25-23(27)17-12-19(28-2)21(30-4)20(13-17)29-3/h5-14H,1-4H3,(H,24,26)(H,25,27). The summed E-state index contributed by atoms with van der Waals surface area (Å²) in [5.74, 6) is 0.511. The van der Waals surface area contributed by atoms with Gasteiger partial charge < -0.3 is 18.9 Å². The summed E-state index contributed by atoms with van der Waals surface area (Å²) in [7, 11) is 4.37. The smallest absolute Gasteiger partial charge is 0.279 e. The molecule has 0 saturated heterocycles. The average Bonchev–Trinajstić information content (AvgIpc) is 2.80. The molecule has 1 unspecified atom stereocenters. The monoisotopic (exact) mass is 424 g/mol. The zero-order chi connectivity index (χ0) is 22.4. The van der Waals surface area contributed by atoms with Crippen molar-refractivity contribution in [1.29, 1.82) is 0 Å². The molecule has 0 fully saturated rings. The minimum Gasteiger partial charge on any atom is -0.493 e. The van der Waals surface area contributed by atoms with E-state index in [0.29, 0.717) is 23.0 Å². The van der Waals surface area contributed by atoms with E-state index >= 15 is 0 Å². The molecular weight excluding hydrogens is 400 g/mol. The van der Waals surface area contributed by atoms with Gasteiger partial charge in [0.1, 0.15) is 5.75 Å². The first-order valence-corrected chi connectivity index (χ1v) is 9.52. The van der Waals surface area contributed by atoms with Crippen LogP contribution in [0.15, 0.2) is 54.6 Å². The zero-order valence-electron chi connectivity index (χ0n) is 17.7. The van der Waals surface area contributed by atoms with Gasteiger partial charge in [0.15, 0.2) is 17.6 Å². The van der Waals surface area contributed by atoms with E-state index in [9.17, 15) is 9.59 Å².